The molecule has 2 aromatic heterocycles. The van der Waals surface area contributed by atoms with Crippen LogP contribution in [0.4, 0.5) is 5.69 Å². The summed E-state index contributed by atoms with van der Waals surface area (Å²) in [5.74, 6) is 0.441. The number of hydrogen-bond donors (Lipinski definition) is 2. The molecule has 170 valence electrons. The van der Waals surface area contributed by atoms with Gasteiger partial charge in [0, 0.05) is 16.6 Å². The highest BCUT2D eigenvalue weighted by molar-refractivity contribution is 7.99. The maximum atomic E-state index is 13.8. The van der Waals surface area contributed by atoms with Crippen LogP contribution in [-0.4, -0.2) is 33.3 Å². The second kappa shape index (κ2) is 9.07. The number of methoxy groups -OCH3 is 1. The fraction of sp³-hybridized carbons (Fsp3) is 0.115. The summed E-state index contributed by atoms with van der Waals surface area (Å²) in [5, 5.41) is 4.14. The Morgan fingerprint density at radius 2 is 1.85 bits per heavy atom. The van der Waals surface area contributed by atoms with Crippen LogP contribution in [0.2, 0.25) is 0 Å². The number of carbonyl (C=O) groups excluding carboxylic acids is 1. The highest BCUT2D eigenvalue weighted by Crippen LogP contribution is 2.30. The van der Waals surface area contributed by atoms with E-state index < -0.39 is 0 Å². The molecule has 0 aliphatic carbocycles. The van der Waals surface area contributed by atoms with Crippen LogP contribution < -0.4 is 15.6 Å². The SMILES string of the molecule is COc1ccc(C)cc1-n1c(SCC(=O)Nc2ccccc2)nc2c([nH]c3ccccc32)c1=O. The van der Waals surface area contributed by atoms with Gasteiger partial charge in [-0.25, -0.2) is 9.55 Å². The first-order chi connectivity index (χ1) is 16.5. The number of anilines is 1. The zero-order valence-corrected chi connectivity index (χ0v) is 19.5. The Labute approximate surface area is 199 Å². The number of aromatic amines is 1. The third kappa shape index (κ3) is 4.04. The lowest BCUT2D eigenvalue weighted by atomic mass is 10.2. The highest BCUT2D eigenvalue weighted by Gasteiger charge is 2.20. The van der Waals surface area contributed by atoms with E-state index in [1.807, 2.05) is 79.7 Å². The number of nitrogens with zero attached hydrogens (tertiary/aromatic N) is 2. The van der Waals surface area contributed by atoms with Crippen LogP contribution >= 0.6 is 11.8 Å². The van der Waals surface area contributed by atoms with Crippen molar-refractivity contribution in [3.8, 4) is 11.4 Å². The molecule has 2 N–H and O–H groups in total. The second-order valence-electron chi connectivity index (χ2n) is 7.81. The average Bonchev–Trinajstić information content (AvgIpc) is 3.22. The second-order valence-corrected chi connectivity index (χ2v) is 8.75. The van der Waals surface area contributed by atoms with Crippen molar-refractivity contribution < 1.29 is 9.53 Å². The van der Waals surface area contributed by atoms with E-state index in [9.17, 15) is 9.59 Å². The van der Waals surface area contributed by atoms with Crippen LogP contribution in [0.3, 0.4) is 0 Å². The van der Waals surface area contributed by atoms with Gasteiger partial charge in [0.15, 0.2) is 5.16 Å². The van der Waals surface area contributed by atoms with E-state index in [2.05, 4.69) is 10.3 Å². The van der Waals surface area contributed by atoms with Gasteiger partial charge in [-0.15, -0.1) is 0 Å². The maximum absolute atomic E-state index is 13.8. The Hall–Kier alpha value is -4.04. The van der Waals surface area contributed by atoms with E-state index in [4.69, 9.17) is 9.72 Å². The molecule has 0 aliphatic heterocycles. The van der Waals surface area contributed by atoms with Crippen LogP contribution in [0.25, 0.3) is 27.6 Å². The molecule has 1 amide bonds. The molecule has 5 aromatic rings. The number of ether oxygens (including phenoxy) is 1. The fourth-order valence-corrected chi connectivity index (χ4v) is 4.67. The Bertz CT molecular complexity index is 1570. The van der Waals surface area contributed by atoms with Gasteiger partial charge in [0.25, 0.3) is 5.56 Å². The summed E-state index contributed by atoms with van der Waals surface area (Å²) in [5.41, 5.74) is 3.82. The number of nitrogens with one attached hydrogen (secondary N) is 2. The summed E-state index contributed by atoms with van der Waals surface area (Å²) >= 11 is 1.21. The Morgan fingerprint density at radius 3 is 2.65 bits per heavy atom. The number of fused-ring (bicyclic) bond motifs is 3. The number of amides is 1. The summed E-state index contributed by atoms with van der Waals surface area (Å²) in [6.45, 7) is 1.95. The number of aryl methyl sites for hydroxylation is 1. The van der Waals surface area contributed by atoms with Crippen molar-refractivity contribution in [1.82, 2.24) is 14.5 Å². The number of thioether (sulfide) groups is 1. The summed E-state index contributed by atoms with van der Waals surface area (Å²) in [7, 11) is 1.56. The van der Waals surface area contributed by atoms with E-state index in [1.54, 1.807) is 7.11 Å². The Kier molecular flexibility index (Phi) is 5.81. The van der Waals surface area contributed by atoms with Gasteiger partial charge in [-0.1, -0.05) is 54.2 Å². The molecule has 0 radical (unpaired) electrons. The molecule has 8 heteroatoms. The first-order valence-electron chi connectivity index (χ1n) is 10.7. The van der Waals surface area contributed by atoms with Crippen LogP contribution in [0.5, 0.6) is 5.75 Å². The number of hydrogen-bond acceptors (Lipinski definition) is 5. The van der Waals surface area contributed by atoms with Crippen molar-refractivity contribution in [2.75, 3.05) is 18.2 Å². The average molecular weight is 471 g/mol. The summed E-state index contributed by atoms with van der Waals surface area (Å²) < 4.78 is 7.07. The molecule has 0 spiro atoms. The minimum atomic E-state index is -0.254. The standard InChI is InChI=1S/C26H22N4O3S/c1-16-12-13-21(33-2)20(14-16)30-25(32)24-23(18-10-6-7-11-19(18)28-24)29-26(30)34-15-22(31)27-17-8-4-3-5-9-17/h3-14,28H,15H2,1-2H3,(H,27,31). The first kappa shape index (κ1) is 21.8. The third-order valence-corrected chi connectivity index (χ3v) is 6.40. The molecule has 0 saturated heterocycles. The zero-order chi connectivity index (χ0) is 23.7. The molecule has 0 bridgehead atoms. The number of H-pyrrole nitrogens is 1. The molecular weight excluding hydrogens is 448 g/mol. The van der Waals surface area contributed by atoms with E-state index >= 15 is 0 Å². The monoisotopic (exact) mass is 470 g/mol. The van der Waals surface area contributed by atoms with E-state index in [0.29, 0.717) is 33.3 Å². The van der Waals surface area contributed by atoms with E-state index in [0.717, 1.165) is 16.5 Å². The number of benzene rings is 3. The highest BCUT2D eigenvalue weighted by atomic mass is 32.2. The lowest BCUT2D eigenvalue weighted by Crippen LogP contribution is -2.23. The summed E-state index contributed by atoms with van der Waals surface area (Å²) in [4.78, 5) is 34.5. The van der Waals surface area contributed by atoms with Crippen molar-refractivity contribution in [2.45, 2.75) is 12.1 Å². The molecule has 2 heterocycles. The van der Waals surface area contributed by atoms with Gasteiger partial charge in [-0.3, -0.25) is 9.59 Å². The maximum Gasteiger partial charge on any atom is 0.283 e. The number of rotatable bonds is 6. The Morgan fingerprint density at radius 1 is 1.09 bits per heavy atom. The molecule has 0 fully saturated rings. The summed E-state index contributed by atoms with van der Waals surface area (Å²) in [6, 6.07) is 22.5. The van der Waals surface area contributed by atoms with Gasteiger partial charge in [-0.2, -0.15) is 0 Å². The minimum Gasteiger partial charge on any atom is -0.495 e. The number of carbonyl (C=O) groups is 1. The van der Waals surface area contributed by atoms with Gasteiger partial charge in [0.2, 0.25) is 5.91 Å². The van der Waals surface area contributed by atoms with Gasteiger partial charge < -0.3 is 15.0 Å². The van der Waals surface area contributed by atoms with Gasteiger partial charge in [0.05, 0.1) is 18.6 Å². The smallest absolute Gasteiger partial charge is 0.283 e. The van der Waals surface area contributed by atoms with Crippen LogP contribution in [0, 0.1) is 6.92 Å². The quantitative estimate of drug-likeness (QED) is 0.272. The molecule has 0 atom stereocenters. The van der Waals surface area contributed by atoms with Crippen LogP contribution in [0.1, 0.15) is 5.56 Å². The molecular formula is C26H22N4O3S. The number of para-hydroxylation sites is 2. The predicted molar refractivity (Wildman–Crippen MR) is 136 cm³/mol. The fourth-order valence-electron chi connectivity index (χ4n) is 3.88. The van der Waals surface area contributed by atoms with E-state index in [1.165, 1.54) is 16.3 Å². The minimum absolute atomic E-state index is 0.0866. The lowest BCUT2D eigenvalue weighted by molar-refractivity contribution is -0.113. The predicted octanol–water partition coefficient (Wildman–Crippen LogP) is 4.91. The third-order valence-electron chi connectivity index (χ3n) is 5.46. The Balaban J connectivity index is 1.63. The van der Waals surface area contributed by atoms with Crippen LogP contribution in [-0.2, 0) is 4.79 Å². The molecule has 0 unspecified atom stereocenters. The van der Waals surface area contributed by atoms with E-state index in [-0.39, 0.29) is 17.2 Å². The van der Waals surface area contributed by atoms with Crippen LogP contribution in [0.15, 0.2) is 82.7 Å². The first-order valence-corrected chi connectivity index (χ1v) is 11.7. The molecule has 34 heavy (non-hydrogen) atoms. The topological polar surface area (TPSA) is 89.0 Å². The molecule has 5 rings (SSSR count). The zero-order valence-electron chi connectivity index (χ0n) is 18.7. The molecule has 7 nitrogen and oxygen atoms in total. The van der Waals surface area contributed by atoms with Gasteiger partial charge >= 0.3 is 0 Å². The normalized spacial score (nSPS) is 11.1. The van der Waals surface area contributed by atoms with Gasteiger partial charge in [-0.05, 0) is 42.8 Å². The molecule has 0 saturated carbocycles. The number of aromatic nitrogens is 3. The lowest BCUT2D eigenvalue weighted by Gasteiger charge is -2.15. The summed E-state index contributed by atoms with van der Waals surface area (Å²) in [6.07, 6.45) is 0. The van der Waals surface area contributed by atoms with Crippen molar-refractivity contribution in [2.24, 2.45) is 0 Å². The largest absolute Gasteiger partial charge is 0.495 e. The van der Waals surface area contributed by atoms with Crippen molar-refractivity contribution in [3.05, 3.63) is 88.7 Å². The molecule has 0 aliphatic rings. The van der Waals surface area contributed by atoms with Crippen molar-refractivity contribution in [1.29, 1.82) is 0 Å². The van der Waals surface area contributed by atoms with Crippen molar-refractivity contribution in [3.63, 3.8) is 0 Å². The van der Waals surface area contributed by atoms with Gasteiger partial charge in [0.1, 0.15) is 16.8 Å². The molecule has 3 aromatic carbocycles. The van der Waals surface area contributed by atoms with Crippen molar-refractivity contribution >= 4 is 45.3 Å².